The van der Waals surface area contributed by atoms with E-state index < -0.39 is 0 Å². The molecule has 3 aromatic heterocycles. The molecule has 1 amide bonds. The third-order valence-electron chi connectivity index (χ3n) is 4.30. The zero-order valence-electron chi connectivity index (χ0n) is 15.6. The molecule has 3 heterocycles. The molecule has 4 rings (SSSR count). The van der Waals surface area contributed by atoms with Crippen LogP contribution in [0.4, 0.5) is 5.69 Å². The second-order valence-corrected chi connectivity index (χ2v) is 7.71. The number of anilines is 1. The smallest absolute Gasteiger partial charge is 0.257 e. The Balaban J connectivity index is 1.42. The number of hydrogen-bond donors (Lipinski definition) is 1. The third-order valence-corrected chi connectivity index (χ3v) is 5.34. The largest absolute Gasteiger partial charge is 0.468 e. The molecule has 0 fully saturated rings. The highest BCUT2D eigenvalue weighted by molar-refractivity contribution is 7.98. The van der Waals surface area contributed by atoms with Crippen LogP contribution < -0.4 is 5.32 Å². The summed E-state index contributed by atoms with van der Waals surface area (Å²) in [5, 5.41) is 2.91. The molecule has 0 aliphatic heterocycles. The van der Waals surface area contributed by atoms with Gasteiger partial charge in [-0.25, -0.2) is 9.97 Å². The Morgan fingerprint density at radius 1 is 1.21 bits per heavy atom. The van der Waals surface area contributed by atoms with Crippen LogP contribution in [0.25, 0.3) is 11.2 Å². The molecular weight excluding hydrogens is 372 g/mol. The number of rotatable bonds is 6. The van der Waals surface area contributed by atoms with Gasteiger partial charge in [0.25, 0.3) is 5.91 Å². The lowest BCUT2D eigenvalue weighted by Gasteiger charge is -2.08. The van der Waals surface area contributed by atoms with Crippen LogP contribution in [0.5, 0.6) is 0 Å². The van der Waals surface area contributed by atoms with Crippen LogP contribution in [0.1, 0.15) is 36.0 Å². The predicted octanol–water partition coefficient (Wildman–Crippen LogP) is 5.15. The molecule has 0 atom stereocenters. The van der Waals surface area contributed by atoms with Crippen molar-refractivity contribution in [1.29, 1.82) is 0 Å². The zero-order chi connectivity index (χ0) is 19.5. The normalized spacial score (nSPS) is 11.2. The first-order valence-corrected chi connectivity index (χ1v) is 9.98. The average Bonchev–Trinajstić information content (AvgIpc) is 3.36. The summed E-state index contributed by atoms with van der Waals surface area (Å²) in [6.07, 6.45) is 5.02. The number of amides is 1. The Labute approximate surface area is 167 Å². The summed E-state index contributed by atoms with van der Waals surface area (Å²) in [5.41, 5.74) is 2.72. The zero-order valence-corrected chi connectivity index (χ0v) is 16.4. The second-order valence-electron chi connectivity index (χ2n) is 6.66. The van der Waals surface area contributed by atoms with Crippen molar-refractivity contribution in [1.82, 2.24) is 14.5 Å². The third kappa shape index (κ3) is 3.94. The van der Waals surface area contributed by atoms with E-state index in [1.807, 2.05) is 41.0 Å². The van der Waals surface area contributed by atoms with E-state index in [9.17, 15) is 4.79 Å². The van der Waals surface area contributed by atoms with Crippen molar-refractivity contribution in [2.45, 2.75) is 30.5 Å². The number of imidazole rings is 1. The topological polar surface area (TPSA) is 73.0 Å². The molecule has 28 heavy (non-hydrogen) atoms. The van der Waals surface area contributed by atoms with Gasteiger partial charge in [0, 0.05) is 22.8 Å². The summed E-state index contributed by atoms with van der Waals surface area (Å²) in [4.78, 5) is 22.4. The van der Waals surface area contributed by atoms with Crippen molar-refractivity contribution in [2.75, 3.05) is 5.32 Å². The highest BCUT2D eigenvalue weighted by Crippen LogP contribution is 2.25. The number of carbonyl (C=O) groups is 1. The number of fused-ring (bicyclic) bond motifs is 1. The maximum Gasteiger partial charge on any atom is 0.257 e. The van der Waals surface area contributed by atoms with Crippen molar-refractivity contribution in [3.05, 3.63) is 72.6 Å². The van der Waals surface area contributed by atoms with Gasteiger partial charge in [0.15, 0.2) is 5.65 Å². The van der Waals surface area contributed by atoms with Crippen molar-refractivity contribution < 1.29 is 9.21 Å². The number of carbonyl (C=O) groups excluding carboxylic acids is 1. The molecule has 1 aromatic carbocycles. The Bertz CT molecular complexity index is 1090. The summed E-state index contributed by atoms with van der Waals surface area (Å²) in [5.74, 6) is 1.50. The van der Waals surface area contributed by atoms with E-state index >= 15 is 0 Å². The molecule has 0 saturated carbocycles. The number of nitrogens with one attached hydrogen (secondary N) is 1. The van der Waals surface area contributed by atoms with Crippen LogP contribution in [0.15, 0.2) is 70.6 Å². The van der Waals surface area contributed by atoms with E-state index in [0.717, 1.165) is 27.7 Å². The number of hydrogen-bond acceptors (Lipinski definition) is 5. The molecule has 4 aromatic rings. The first-order chi connectivity index (χ1) is 13.6. The van der Waals surface area contributed by atoms with E-state index in [2.05, 4.69) is 29.1 Å². The van der Waals surface area contributed by atoms with Crippen LogP contribution in [-0.4, -0.2) is 20.4 Å². The second kappa shape index (κ2) is 7.90. The highest BCUT2D eigenvalue weighted by atomic mass is 32.2. The van der Waals surface area contributed by atoms with Gasteiger partial charge in [0.2, 0.25) is 0 Å². The van der Waals surface area contributed by atoms with Crippen molar-refractivity contribution in [2.24, 2.45) is 0 Å². The van der Waals surface area contributed by atoms with E-state index in [4.69, 9.17) is 4.42 Å². The van der Waals surface area contributed by atoms with Gasteiger partial charge in [-0.05, 0) is 56.3 Å². The number of furan rings is 1. The molecule has 142 valence electrons. The summed E-state index contributed by atoms with van der Waals surface area (Å²) in [6, 6.07) is 13.6. The molecule has 6 nitrogen and oxygen atoms in total. The standard InChI is InChI=1S/C21H20N4O2S/c1-14(2)25-13-23-19-10-15(11-22-20(19)25)21(26)24-16-5-7-18(8-6-16)28-12-17-4-3-9-27-17/h3-11,13-14H,12H2,1-2H3,(H,24,26). The van der Waals surface area contributed by atoms with Crippen LogP contribution in [0, 0.1) is 0 Å². The van der Waals surface area contributed by atoms with Gasteiger partial charge in [-0.3, -0.25) is 4.79 Å². The van der Waals surface area contributed by atoms with Gasteiger partial charge in [0.05, 0.1) is 23.9 Å². The van der Waals surface area contributed by atoms with Crippen molar-refractivity contribution >= 4 is 34.5 Å². The van der Waals surface area contributed by atoms with Gasteiger partial charge in [0.1, 0.15) is 11.3 Å². The number of thioether (sulfide) groups is 1. The maximum atomic E-state index is 12.6. The van der Waals surface area contributed by atoms with Crippen molar-refractivity contribution in [3.63, 3.8) is 0 Å². The number of aromatic nitrogens is 3. The lowest BCUT2D eigenvalue weighted by Crippen LogP contribution is -2.12. The van der Waals surface area contributed by atoms with Crippen molar-refractivity contribution in [3.8, 4) is 0 Å². The lowest BCUT2D eigenvalue weighted by molar-refractivity contribution is 0.102. The molecule has 0 unspecified atom stereocenters. The fraction of sp³-hybridized carbons (Fsp3) is 0.190. The minimum absolute atomic E-state index is 0.204. The van der Waals surface area contributed by atoms with Gasteiger partial charge in [-0.2, -0.15) is 0 Å². The van der Waals surface area contributed by atoms with E-state index in [1.165, 1.54) is 0 Å². The summed E-state index contributed by atoms with van der Waals surface area (Å²) >= 11 is 1.68. The average molecular weight is 392 g/mol. The predicted molar refractivity (Wildman–Crippen MR) is 111 cm³/mol. The van der Waals surface area contributed by atoms with E-state index in [0.29, 0.717) is 11.1 Å². The Hall–Kier alpha value is -3.06. The number of benzene rings is 1. The van der Waals surface area contributed by atoms with Gasteiger partial charge in [-0.1, -0.05) is 0 Å². The van der Waals surface area contributed by atoms with Crippen LogP contribution in [-0.2, 0) is 5.75 Å². The van der Waals surface area contributed by atoms with Crippen LogP contribution >= 0.6 is 11.8 Å². The molecule has 0 spiro atoms. The molecular formula is C21H20N4O2S. The van der Waals surface area contributed by atoms with Crippen LogP contribution in [0.2, 0.25) is 0 Å². The first-order valence-electron chi connectivity index (χ1n) is 8.99. The highest BCUT2D eigenvalue weighted by Gasteiger charge is 2.12. The summed E-state index contributed by atoms with van der Waals surface area (Å²) < 4.78 is 7.32. The Morgan fingerprint density at radius 3 is 2.75 bits per heavy atom. The molecule has 0 aliphatic carbocycles. The van der Waals surface area contributed by atoms with E-state index in [-0.39, 0.29) is 11.9 Å². The summed E-state index contributed by atoms with van der Waals surface area (Å²) in [7, 11) is 0. The number of pyridine rings is 1. The maximum absolute atomic E-state index is 12.6. The van der Waals surface area contributed by atoms with E-state index in [1.54, 1.807) is 36.6 Å². The van der Waals surface area contributed by atoms with Gasteiger partial charge >= 0.3 is 0 Å². The quantitative estimate of drug-likeness (QED) is 0.459. The molecule has 0 saturated heterocycles. The minimum Gasteiger partial charge on any atom is -0.468 e. The number of nitrogens with zero attached hydrogens (tertiary/aromatic N) is 3. The fourth-order valence-corrected chi connectivity index (χ4v) is 3.61. The molecule has 1 N–H and O–H groups in total. The molecule has 7 heteroatoms. The monoisotopic (exact) mass is 392 g/mol. The SMILES string of the molecule is CC(C)n1cnc2cc(C(=O)Nc3ccc(SCc4ccco4)cc3)cnc21. The van der Waals surface area contributed by atoms with Gasteiger partial charge < -0.3 is 14.3 Å². The summed E-state index contributed by atoms with van der Waals surface area (Å²) in [6.45, 7) is 4.14. The van der Waals surface area contributed by atoms with Crippen LogP contribution in [0.3, 0.4) is 0 Å². The molecule has 0 radical (unpaired) electrons. The fourth-order valence-electron chi connectivity index (χ4n) is 2.81. The Kier molecular flexibility index (Phi) is 5.16. The molecule has 0 bridgehead atoms. The first kappa shape index (κ1) is 18.3. The minimum atomic E-state index is -0.204. The molecule has 0 aliphatic rings. The Morgan fingerprint density at radius 2 is 2.04 bits per heavy atom. The van der Waals surface area contributed by atoms with Gasteiger partial charge in [-0.15, -0.1) is 11.8 Å². The lowest BCUT2D eigenvalue weighted by atomic mass is 10.2.